The molecule has 5 aromatic rings. The Bertz CT molecular complexity index is 1780. The fraction of sp³-hybridized carbons (Fsp3) is 0.263. The van der Waals surface area contributed by atoms with Gasteiger partial charge in [0, 0.05) is 16.7 Å². The van der Waals surface area contributed by atoms with E-state index in [1.165, 1.54) is 44.1 Å². The van der Waals surface area contributed by atoms with Crippen LogP contribution in [-0.4, -0.2) is 15.0 Å². The van der Waals surface area contributed by atoms with E-state index in [1.54, 1.807) is 6.07 Å². The lowest BCUT2D eigenvalue weighted by Gasteiger charge is -2.57. The summed E-state index contributed by atoms with van der Waals surface area (Å²) in [6.07, 6.45) is 8.41. The molecule has 0 N–H and O–H groups in total. The lowest BCUT2D eigenvalue weighted by Crippen LogP contribution is -2.48. The molecule has 4 aromatic carbocycles. The molecule has 4 saturated carbocycles. The fourth-order valence-corrected chi connectivity index (χ4v) is 8.40. The summed E-state index contributed by atoms with van der Waals surface area (Å²) in [6.45, 7) is 0. The van der Waals surface area contributed by atoms with Crippen molar-refractivity contribution >= 4 is 0 Å². The van der Waals surface area contributed by atoms with Crippen LogP contribution < -0.4 is 0 Å². The van der Waals surface area contributed by atoms with Gasteiger partial charge in [0.2, 0.25) is 0 Å². The molecule has 4 heteroatoms. The first-order valence-corrected chi connectivity index (χ1v) is 15.2. The van der Waals surface area contributed by atoms with Crippen molar-refractivity contribution in [2.75, 3.05) is 0 Å². The highest BCUT2D eigenvalue weighted by atomic mass is 15.0. The van der Waals surface area contributed by atoms with Crippen LogP contribution in [0.4, 0.5) is 0 Å². The van der Waals surface area contributed by atoms with Crippen molar-refractivity contribution in [1.82, 2.24) is 15.0 Å². The van der Waals surface area contributed by atoms with Crippen molar-refractivity contribution in [2.24, 2.45) is 17.8 Å². The van der Waals surface area contributed by atoms with Crippen LogP contribution in [0.1, 0.15) is 49.7 Å². The third kappa shape index (κ3) is 4.50. The molecular weight excluding hydrogens is 512 g/mol. The standard InChI is InChI=1S/C38H32N4/c39-24-25-6-4-10-32(19-25)36-40-35(41-37(42-36)33-11-5-9-31(20-33)29-7-2-1-3-8-29)30-12-14-34(15-13-30)38-21-26-16-27(22-38)18-28(17-26)23-38/h1-15,19-20,26-28H,16-18,21-23H2/t26-,27+,28-,38?. The highest BCUT2D eigenvalue weighted by Crippen LogP contribution is 2.60. The predicted octanol–water partition coefficient (Wildman–Crippen LogP) is 8.88. The number of nitriles is 1. The molecule has 0 spiro atoms. The monoisotopic (exact) mass is 544 g/mol. The lowest BCUT2D eigenvalue weighted by molar-refractivity contribution is -0.00518. The summed E-state index contributed by atoms with van der Waals surface area (Å²) in [7, 11) is 0. The molecule has 0 amide bonds. The highest BCUT2D eigenvalue weighted by molar-refractivity contribution is 5.72. The van der Waals surface area contributed by atoms with Crippen molar-refractivity contribution < 1.29 is 0 Å². The van der Waals surface area contributed by atoms with Gasteiger partial charge in [-0.05, 0) is 96.6 Å². The molecule has 4 aliphatic rings. The third-order valence-corrected chi connectivity index (χ3v) is 9.91. The second-order valence-electron chi connectivity index (χ2n) is 12.7. The summed E-state index contributed by atoms with van der Waals surface area (Å²) in [5, 5.41) is 9.52. The number of benzene rings is 4. The molecule has 0 saturated heterocycles. The molecule has 204 valence electrons. The zero-order valence-electron chi connectivity index (χ0n) is 23.6. The van der Waals surface area contributed by atoms with E-state index in [4.69, 9.17) is 15.0 Å². The first-order valence-electron chi connectivity index (χ1n) is 15.2. The highest BCUT2D eigenvalue weighted by Gasteiger charge is 2.51. The first-order chi connectivity index (χ1) is 20.6. The largest absolute Gasteiger partial charge is 0.208 e. The predicted molar refractivity (Wildman–Crippen MR) is 166 cm³/mol. The normalized spacial score (nSPS) is 23.9. The van der Waals surface area contributed by atoms with Gasteiger partial charge >= 0.3 is 0 Å². The molecule has 4 aliphatic carbocycles. The van der Waals surface area contributed by atoms with E-state index in [2.05, 4.69) is 78.9 Å². The molecule has 0 radical (unpaired) electrons. The number of hydrogen-bond donors (Lipinski definition) is 0. The van der Waals surface area contributed by atoms with Crippen LogP contribution in [0.5, 0.6) is 0 Å². The van der Waals surface area contributed by atoms with Gasteiger partial charge in [-0.25, -0.2) is 15.0 Å². The van der Waals surface area contributed by atoms with Crippen LogP contribution in [0.2, 0.25) is 0 Å². The minimum Gasteiger partial charge on any atom is -0.208 e. The second-order valence-corrected chi connectivity index (χ2v) is 12.7. The topological polar surface area (TPSA) is 62.5 Å². The van der Waals surface area contributed by atoms with E-state index >= 15 is 0 Å². The van der Waals surface area contributed by atoms with Gasteiger partial charge in [0.25, 0.3) is 0 Å². The van der Waals surface area contributed by atoms with Crippen LogP contribution in [0.3, 0.4) is 0 Å². The Morgan fingerprint density at radius 1 is 0.524 bits per heavy atom. The minimum atomic E-state index is 0.359. The van der Waals surface area contributed by atoms with E-state index in [9.17, 15) is 5.26 Å². The summed E-state index contributed by atoms with van der Waals surface area (Å²) in [6, 6.07) is 37.6. The van der Waals surface area contributed by atoms with Gasteiger partial charge < -0.3 is 0 Å². The Morgan fingerprint density at radius 3 is 1.67 bits per heavy atom. The lowest BCUT2D eigenvalue weighted by atomic mass is 9.48. The Balaban J connectivity index is 1.21. The summed E-state index contributed by atoms with van der Waals surface area (Å²) in [4.78, 5) is 14.9. The van der Waals surface area contributed by atoms with Crippen molar-refractivity contribution in [2.45, 2.75) is 43.9 Å². The number of aromatic nitrogens is 3. The van der Waals surface area contributed by atoms with Crippen LogP contribution in [0, 0.1) is 29.1 Å². The maximum atomic E-state index is 9.52. The molecular formula is C38H32N4. The average molecular weight is 545 g/mol. The Kier molecular flexibility index (Phi) is 6.00. The van der Waals surface area contributed by atoms with Crippen LogP contribution in [0.25, 0.3) is 45.3 Å². The number of rotatable bonds is 5. The number of hydrogen-bond acceptors (Lipinski definition) is 4. The molecule has 0 atom stereocenters. The molecule has 42 heavy (non-hydrogen) atoms. The molecule has 9 rings (SSSR count). The minimum absolute atomic E-state index is 0.359. The van der Waals surface area contributed by atoms with E-state index < -0.39 is 0 Å². The van der Waals surface area contributed by atoms with E-state index in [-0.39, 0.29) is 0 Å². The molecule has 1 aromatic heterocycles. The molecule has 4 fully saturated rings. The van der Waals surface area contributed by atoms with Gasteiger partial charge in [0.1, 0.15) is 0 Å². The molecule has 4 bridgehead atoms. The van der Waals surface area contributed by atoms with Gasteiger partial charge in [-0.15, -0.1) is 0 Å². The van der Waals surface area contributed by atoms with E-state index in [1.807, 2.05) is 24.3 Å². The smallest absolute Gasteiger partial charge is 0.164 e. The van der Waals surface area contributed by atoms with Crippen LogP contribution >= 0.6 is 0 Å². The maximum absolute atomic E-state index is 9.52. The third-order valence-electron chi connectivity index (χ3n) is 9.91. The van der Waals surface area contributed by atoms with Crippen LogP contribution in [0.15, 0.2) is 103 Å². The SMILES string of the molecule is N#Cc1cccc(-c2nc(-c3ccc(C45C[C@H]6C[C@@H](C4)C[C@@H](C5)C6)cc3)nc(-c3cccc(-c4ccccc4)c3)n2)c1. The fourth-order valence-electron chi connectivity index (χ4n) is 8.40. The Morgan fingerprint density at radius 2 is 1.05 bits per heavy atom. The summed E-state index contributed by atoms with van der Waals surface area (Å²) in [5.74, 6) is 4.60. The van der Waals surface area contributed by atoms with Crippen molar-refractivity contribution in [3.8, 4) is 51.4 Å². The number of nitrogens with zero attached hydrogens (tertiary/aromatic N) is 4. The zero-order valence-corrected chi connectivity index (χ0v) is 23.6. The van der Waals surface area contributed by atoms with Gasteiger partial charge in [0.05, 0.1) is 11.6 Å². The van der Waals surface area contributed by atoms with E-state index in [0.717, 1.165) is 45.6 Å². The molecule has 4 nitrogen and oxygen atoms in total. The quantitative estimate of drug-likeness (QED) is 0.222. The Hall–Kier alpha value is -4.62. The molecule has 1 heterocycles. The average Bonchev–Trinajstić information content (AvgIpc) is 3.04. The van der Waals surface area contributed by atoms with Gasteiger partial charge in [-0.2, -0.15) is 5.26 Å². The van der Waals surface area contributed by atoms with Gasteiger partial charge in [-0.1, -0.05) is 84.9 Å². The van der Waals surface area contributed by atoms with Crippen molar-refractivity contribution in [1.29, 1.82) is 5.26 Å². The van der Waals surface area contributed by atoms with Gasteiger partial charge in [-0.3, -0.25) is 0 Å². The van der Waals surface area contributed by atoms with Crippen molar-refractivity contribution in [3.63, 3.8) is 0 Å². The second kappa shape index (κ2) is 10.0. The summed E-state index contributed by atoms with van der Waals surface area (Å²) < 4.78 is 0. The van der Waals surface area contributed by atoms with E-state index in [0.29, 0.717) is 28.5 Å². The Labute approximate surface area is 247 Å². The summed E-state index contributed by atoms with van der Waals surface area (Å²) in [5.41, 5.74) is 7.44. The van der Waals surface area contributed by atoms with Crippen molar-refractivity contribution in [3.05, 3.63) is 114 Å². The molecule has 0 aliphatic heterocycles. The first kappa shape index (κ1) is 25.1. The summed E-state index contributed by atoms with van der Waals surface area (Å²) >= 11 is 0. The maximum Gasteiger partial charge on any atom is 0.164 e. The molecule has 0 unspecified atom stereocenters. The van der Waals surface area contributed by atoms with Gasteiger partial charge in [0.15, 0.2) is 17.5 Å². The van der Waals surface area contributed by atoms with Crippen LogP contribution in [-0.2, 0) is 5.41 Å². The zero-order chi connectivity index (χ0) is 28.1.